The van der Waals surface area contributed by atoms with Gasteiger partial charge in [0.1, 0.15) is 22.7 Å². The molecule has 0 aliphatic rings. The second kappa shape index (κ2) is 11.1. The summed E-state index contributed by atoms with van der Waals surface area (Å²) in [5.41, 5.74) is 2.46. The van der Waals surface area contributed by atoms with Crippen LogP contribution in [-0.2, 0) is 6.42 Å². The van der Waals surface area contributed by atoms with E-state index >= 15 is 0 Å². The number of fused-ring (bicyclic) bond motifs is 1. The van der Waals surface area contributed by atoms with Crippen LogP contribution in [0.3, 0.4) is 0 Å². The molecule has 0 aliphatic heterocycles. The van der Waals surface area contributed by atoms with Crippen molar-refractivity contribution < 1.29 is 4.79 Å². The lowest BCUT2D eigenvalue weighted by Gasteiger charge is -2.10. The predicted octanol–water partition coefficient (Wildman–Crippen LogP) is 6.82. The molecule has 198 valence electrons. The van der Waals surface area contributed by atoms with Crippen LogP contribution >= 0.6 is 34.8 Å². The van der Waals surface area contributed by atoms with Gasteiger partial charge in [-0.15, -0.1) is 0 Å². The molecule has 0 bridgehead atoms. The molecule has 0 unspecified atom stereocenters. The van der Waals surface area contributed by atoms with E-state index in [-0.39, 0.29) is 21.5 Å². The van der Waals surface area contributed by atoms with E-state index in [1.807, 2.05) is 26.0 Å². The second-order valence-electron chi connectivity index (χ2n) is 9.05. The summed E-state index contributed by atoms with van der Waals surface area (Å²) in [5.74, 6) is 0.819. The van der Waals surface area contributed by atoms with Gasteiger partial charge < -0.3 is 10.3 Å². The number of rotatable bonds is 6. The summed E-state index contributed by atoms with van der Waals surface area (Å²) < 4.78 is 1.50. The Morgan fingerprint density at radius 1 is 1.03 bits per heavy atom. The molecular formula is C27H22Cl3N7O2. The van der Waals surface area contributed by atoms with Gasteiger partial charge in [0.25, 0.3) is 5.56 Å². The summed E-state index contributed by atoms with van der Waals surface area (Å²) in [4.78, 5) is 37.1. The lowest BCUT2D eigenvalue weighted by atomic mass is 10.1. The first-order valence-corrected chi connectivity index (χ1v) is 13.1. The van der Waals surface area contributed by atoms with Crippen LogP contribution in [0.4, 0.5) is 16.3 Å². The molecule has 0 saturated heterocycles. The van der Waals surface area contributed by atoms with Crippen LogP contribution in [0, 0.1) is 0 Å². The van der Waals surface area contributed by atoms with Gasteiger partial charge in [-0.1, -0.05) is 66.8 Å². The van der Waals surface area contributed by atoms with E-state index in [1.54, 1.807) is 48.7 Å². The van der Waals surface area contributed by atoms with Crippen LogP contribution in [0.15, 0.2) is 65.6 Å². The quantitative estimate of drug-likeness (QED) is 0.203. The third kappa shape index (κ3) is 5.75. The Labute approximate surface area is 238 Å². The molecule has 0 radical (unpaired) electrons. The van der Waals surface area contributed by atoms with Crippen molar-refractivity contribution in [2.75, 3.05) is 10.6 Å². The Morgan fingerprint density at radius 3 is 2.38 bits per heavy atom. The molecule has 2 amide bonds. The smallest absolute Gasteiger partial charge is 0.310 e. The normalized spacial score (nSPS) is 11.2. The summed E-state index contributed by atoms with van der Waals surface area (Å²) in [5, 5.41) is 11.4. The zero-order valence-electron chi connectivity index (χ0n) is 20.8. The SMILES string of the molecule is CC(C)c1nn(-c2c(Cl)cc(Cl)cc2Cl)c2nc(Cc3ccc(NC(=O)Nc4ccccn4)cc3)[nH]c(=O)c12. The Morgan fingerprint density at radius 2 is 1.74 bits per heavy atom. The highest BCUT2D eigenvalue weighted by atomic mass is 35.5. The van der Waals surface area contributed by atoms with Crippen LogP contribution in [0.5, 0.6) is 0 Å². The molecule has 0 spiro atoms. The summed E-state index contributed by atoms with van der Waals surface area (Å²) in [6.07, 6.45) is 1.92. The van der Waals surface area contributed by atoms with Gasteiger partial charge in [0, 0.05) is 23.3 Å². The molecular weight excluding hydrogens is 561 g/mol. The molecule has 9 nitrogen and oxygen atoms in total. The van der Waals surface area contributed by atoms with E-state index in [0.717, 1.165) is 5.56 Å². The highest BCUT2D eigenvalue weighted by molar-refractivity contribution is 6.40. The molecule has 3 N–H and O–H groups in total. The number of pyridine rings is 1. The number of amides is 2. The molecule has 39 heavy (non-hydrogen) atoms. The van der Waals surface area contributed by atoms with Gasteiger partial charge in [0.2, 0.25) is 0 Å². The van der Waals surface area contributed by atoms with Crippen molar-refractivity contribution in [3.8, 4) is 5.69 Å². The van der Waals surface area contributed by atoms with Gasteiger partial charge in [-0.25, -0.2) is 19.4 Å². The molecule has 0 saturated carbocycles. The Hall–Kier alpha value is -3.92. The molecule has 5 rings (SSSR count). The maximum Gasteiger partial charge on any atom is 0.324 e. The van der Waals surface area contributed by atoms with Crippen molar-refractivity contribution >= 4 is 63.4 Å². The van der Waals surface area contributed by atoms with Crippen molar-refractivity contribution in [1.29, 1.82) is 0 Å². The highest BCUT2D eigenvalue weighted by Crippen LogP contribution is 2.34. The number of carbonyl (C=O) groups excluding carboxylic acids is 1. The van der Waals surface area contributed by atoms with Crippen molar-refractivity contribution in [2.45, 2.75) is 26.2 Å². The first-order valence-electron chi connectivity index (χ1n) is 11.9. The Balaban J connectivity index is 1.44. The van der Waals surface area contributed by atoms with Crippen molar-refractivity contribution in [1.82, 2.24) is 24.7 Å². The standard InChI is InChI=1S/C27H22Cl3N7O2/c1-14(2)23-22-25(37(36-23)24-18(29)12-16(28)13-19(24)30)33-21(34-26(22)38)11-15-6-8-17(9-7-15)32-27(39)35-20-5-3-4-10-31-20/h3-10,12-14H,11H2,1-2H3,(H,33,34,38)(H2,31,32,35,39). The van der Waals surface area contributed by atoms with E-state index in [9.17, 15) is 9.59 Å². The third-order valence-corrected chi connectivity index (χ3v) is 6.64. The van der Waals surface area contributed by atoms with E-state index in [1.165, 1.54) is 4.68 Å². The molecule has 5 aromatic rings. The van der Waals surface area contributed by atoms with Gasteiger partial charge in [-0.2, -0.15) is 5.10 Å². The fourth-order valence-electron chi connectivity index (χ4n) is 4.09. The molecule has 3 aromatic heterocycles. The number of urea groups is 1. The number of nitrogens with zero attached hydrogens (tertiary/aromatic N) is 4. The summed E-state index contributed by atoms with van der Waals surface area (Å²) >= 11 is 19.1. The number of H-pyrrole nitrogens is 1. The predicted molar refractivity (Wildman–Crippen MR) is 155 cm³/mol. The average molecular weight is 583 g/mol. The minimum Gasteiger partial charge on any atom is -0.310 e. The maximum absolute atomic E-state index is 13.2. The first kappa shape index (κ1) is 26.7. The molecule has 0 fully saturated rings. The number of nitrogens with one attached hydrogen (secondary N) is 3. The van der Waals surface area contributed by atoms with Gasteiger partial charge in [0.05, 0.1) is 15.7 Å². The summed E-state index contributed by atoms with van der Waals surface area (Å²) in [7, 11) is 0. The van der Waals surface area contributed by atoms with Gasteiger partial charge >= 0.3 is 6.03 Å². The van der Waals surface area contributed by atoms with Gasteiger partial charge in [-0.3, -0.25) is 10.1 Å². The summed E-state index contributed by atoms with van der Waals surface area (Å²) in [6, 6.07) is 15.2. The minimum absolute atomic E-state index is 0.0535. The lowest BCUT2D eigenvalue weighted by Crippen LogP contribution is -2.19. The molecule has 2 aromatic carbocycles. The van der Waals surface area contributed by atoms with Crippen molar-refractivity contribution in [3.05, 3.63) is 103 Å². The summed E-state index contributed by atoms with van der Waals surface area (Å²) in [6.45, 7) is 3.88. The number of carbonyl (C=O) groups is 1. The Kier molecular flexibility index (Phi) is 7.56. The monoisotopic (exact) mass is 581 g/mol. The minimum atomic E-state index is -0.411. The molecule has 12 heteroatoms. The zero-order chi connectivity index (χ0) is 27.7. The number of hydrogen-bond donors (Lipinski definition) is 3. The number of aromatic amines is 1. The number of hydrogen-bond acceptors (Lipinski definition) is 5. The number of benzene rings is 2. The number of aromatic nitrogens is 5. The average Bonchev–Trinajstić information content (AvgIpc) is 3.25. The van der Waals surface area contributed by atoms with Crippen LogP contribution in [0.2, 0.25) is 15.1 Å². The van der Waals surface area contributed by atoms with Crippen LogP contribution in [-0.4, -0.2) is 30.8 Å². The van der Waals surface area contributed by atoms with Crippen LogP contribution in [0.1, 0.15) is 36.8 Å². The van der Waals surface area contributed by atoms with Crippen molar-refractivity contribution in [3.63, 3.8) is 0 Å². The fourth-order valence-corrected chi connectivity index (χ4v) is 5.07. The molecule has 0 aliphatic carbocycles. The topological polar surface area (TPSA) is 118 Å². The number of anilines is 2. The first-order chi connectivity index (χ1) is 18.7. The van der Waals surface area contributed by atoms with Crippen molar-refractivity contribution in [2.24, 2.45) is 0 Å². The van der Waals surface area contributed by atoms with E-state index in [2.05, 4.69) is 25.7 Å². The van der Waals surface area contributed by atoms with Gasteiger partial charge in [-0.05, 0) is 47.9 Å². The molecule has 3 heterocycles. The second-order valence-corrected chi connectivity index (χ2v) is 10.3. The maximum atomic E-state index is 13.2. The van der Waals surface area contributed by atoms with Crippen LogP contribution < -0.4 is 16.2 Å². The largest absolute Gasteiger partial charge is 0.324 e. The van der Waals surface area contributed by atoms with E-state index in [0.29, 0.717) is 51.2 Å². The zero-order valence-corrected chi connectivity index (χ0v) is 23.1. The van der Waals surface area contributed by atoms with E-state index in [4.69, 9.17) is 39.8 Å². The van der Waals surface area contributed by atoms with Gasteiger partial charge in [0.15, 0.2) is 5.65 Å². The number of halogens is 3. The lowest BCUT2D eigenvalue weighted by molar-refractivity contribution is 0.262. The highest BCUT2D eigenvalue weighted by Gasteiger charge is 2.23. The molecule has 0 atom stereocenters. The third-order valence-electron chi connectivity index (χ3n) is 5.84. The Bertz CT molecular complexity index is 1710. The van der Waals surface area contributed by atoms with E-state index < -0.39 is 6.03 Å². The van der Waals surface area contributed by atoms with Crippen LogP contribution in [0.25, 0.3) is 16.7 Å². The fraction of sp³-hybridized carbons (Fsp3) is 0.148.